The third kappa shape index (κ3) is 13.1. The van der Waals surface area contributed by atoms with E-state index in [-0.39, 0.29) is 13.2 Å². The second-order valence-corrected chi connectivity index (χ2v) is 8.72. The summed E-state index contributed by atoms with van der Waals surface area (Å²) in [6.45, 7) is 2.53. The number of aliphatic hydroxyl groups is 3. The van der Waals surface area contributed by atoms with Gasteiger partial charge in [-0.15, -0.1) is 0 Å². The van der Waals surface area contributed by atoms with Crippen molar-refractivity contribution in [2.45, 2.75) is 128 Å². The van der Waals surface area contributed by atoms with Gasteiger partial charge in [0, 0.05) is 6.61 Å². The van der Waals surface area contributed by atoms with E-state index in [1.807, 2.05) is 0 Å². The highest BCUT2D eigenvalue weighted by molar-refractivity contribution is 4.89. The van der Waals surface area contributed by atoms with Crippen molar-refractivity contribution >= 4 is 0 Å². The Hall–Kier alpha value is -0.460. The van der Waals surface area contributed by atoms with Gasteiger partial charge in [-0.1, -0.05) is 89.7 Å². The van der Waals surface area contributed by atoms with Crippen LogP contribution in [0.1, 0.15) is 103 Å². The van der Waals surface area contributed by atoms with Gasteiger partial charge in [0.1, 0.15) is 24.4 Å². The molecule has 0 aromatic rings. The summed E-state index contributed by atoms with van der Waals surface area (Å²) in [4.78, 5) is 0. The van der Waals surface area contributed by atoms with E-state index in [2.05, 4.69) is 19.1 Å². The van der Waals surface area contributed by atoms with Gasteiger partial charge in [0.05, 0.1) is 13.2 Å². The minimum atomic E-state index is -1.000. The predicted molar refractivity (Wildman–Crippen MR) is 123 cm³/mol. The molecule has 0 unspecified atom stereocenters. The van der Waals surface area contributed by atoms with Gasteiger partial charge in [0.2, 0.25) is 0 Å². The van der Waals surface area contributed by atoms with E-state index in [1.54, 1.807) is 0 Å². The first kappa shape index (κ1) is 27.6. The van der Waals surface area contributed by atoms with E-state index in [4.69, 9.17) is 14.6 Å². The van der Waals surface area contributed by atoms with Gasteiger partial charge in [-0.3, -0.25) is 0 Å². The lowest BCUT2D eigenvalue weighted by molar-refractivity contribution is -0.0938. The quantitative estimate of drug-likeness (QED) is 0.190. The van der Waals surface area contributed by atoms with Crippen LogP contribution in [-0.2, 0) is 9.47 Å². The standard InChI is InChI=1S/C25H48O5/c1-2-3-4-5-6-7-8-9-10-11-12-13-14-15-16-17-18-19-29-25-23(28)21-30-24(25)22(27)20-26/h3-4,22-28H,2,5-21H2,1H3/b4-3+/t22-,23+,24-,25-/m0/s1. The molecule has 1 heterocycles. The molecule has 1 fully saturated rings. The van der Waals surface area contributed by atoms with Crippen molar-refractivity contribution < 1.29 is 24.8 Å². The van der Waals surface area contributed by atoms with Crippen LogP contribution in [0.25, 0.3) is 0 Å². The molecule has 0 radical (unpaired) electrons. The van der Waals surface area contributed by atoms with Gasteiger partial charge in [0.25, 0.3) is 0 Å². The van der Waals surface area contributed by atoms with Crippen molar-refractivity contribution in [2.75, 3.05) is 19.8 Å². The first-order valence-electron chi connectivity index (χ1n) is 12.6. The normalized spacial score (nSPS) is 22.9. The van der Waals surface area contributed by atoms with Crippen LogP contribution in [0.3, 0.4) is 0 Å². The van der Waals surface area contributed by atoms with Gasteiger partial charge in [0.15, 0.2) is 0 Å². The van der Waals surface area contributed by atoms with E-state index in [0.29, 0.717) is 6.61 Å². The average Bonchev–Trinajstić information content (AvgIpc) is 3.12. The molecular formula is C25H48O5. The summed E-state index contributed by atoms with van der Waals surface area (Å²) >= 11 is 0. The summed E-state index contributed by atoms with van der Waals surface area (Å²) in [7, 11) is 0. The highest BCUT2D eigenvalue weighted by Crippen LogP contribution is 2.21. The van der Waals surface area contributed by atoms with Crippen molar-refractivity contribution in [2.24, 2.45) is 0 Å². The first-order valence-corrected chi connectivity index (χ1v) is 12.6. The fourth-order valence-corrected chi connectivity index (χ4v) is 4.07. The van der Waals surface area contributed by atoms with Gasteiger partial charge in [-0.25, -0.2) is 0 Å². The third-order valence-corrected chi connectivity index (χ3v) is 5.96. The SMILES string of the molecule is CC/C=C/CCCCCCCCCCCCCCCO[C@@H]1[C@H]([C@@H](O)CO)OC[C@H]1O. The number of allylic oxidation sites excluding steroid dienone is 2. The van der Waals surface area contributed by atoms with Crippen molar-refractivity contribution in [1.29, 1.82) is 0 Å². The van der Waals surface area contributed by atoms with Crippen LogP contribution in [0.2, 0.25) is 0 Å². The van der Waals surface area contributed by atoms with E-state index in [9.17, 15) is 10.2 Å². The lowest BCUT2D eigenvalue weighted by Gasteiger charge is -2.23. The predicted octanol–water partition coefficient (Wildman–Crippen LogP) is 4.91. The van der Waals surface area contributed by atoms with Gasteiger partial charge < -0.3 is 24.8 Å². The summed E-state index contributed by atoms with van der Waals surface area (Å²) in [6.07, 6.45) is 21.1. The largest absolute Gasteiger partial charge is 0.394 e. The average molecular weight is 429 g/mol. The molecule has 0 bridgehead atoms. The molecule has 0 spiro atoms. The molecular weight excluding hydrogens is 380 g/mol. The highest BCUT2D eigenvalue weighted by atomic mass is 16.6. The molecule has 0 aromatic carbocycles. The molecule has 5 heteroatoms. The summed E-state index contributed by atoms with van der Waals surface area (Å²) in [5.74, 6) is 0. The summed E-state index contributed by atoms with van der Waals surface area (Å²) in [5.41, 5.74) is 0. The fourth-order valence-electron chi connectivity index (χ4n) is 4.07. The first-order chi connectivity index (χ1) is 14.7. The molecule has 1 rings (SSSR count). The second-order valence-electron chi connectivity index (χ2n) is 8.72. The minimum absolute atomic E-state index is 0.156. The molecule has 178 valence electrons. The maximum atomic E-state index is 9.90. The summed E-state index contributed by atoms with van der Waals surface area (Å²) in [6, 6.07) is 0. The van der Waals surface area contributed by atoms with E-state index in [1.165, 1.54) is 77.0 Å². The maximum Gasteiger partial charge on any atom is 0.114 e. The van der Waals surface area contributed by atoms with Gasteiger partial charge in [-0.2, -0.15) is 0 Å². The van der Waals surface area contributed by atoms with Crippen molar-refractivity contribution in [3.8, 4) is 0 Å². The van der Waals surface area contributed by atoms with Crippen LogP contribution < -0.4 is 0 Å². The molecule has 5 nitrogen and oxygen atoms in total. The second kappa shape index (κ2) is 19.2. The van der Waals surface area contributed by atoms with Crippen LogP contribution in [0.15, 0.2) is 12.2 Å². The lowest BCUT2D eigenvalue weighted by Crippen LogP contribution is -2.42. The van der Waals surface area contributed by atoms with Crippen LogP contribution in [0, 0.1) is 0 Å². The molecule has 1 aliphatic rings. The number of hydrogen-bond donors (Lipinski definition) is 3. The van der Waals surface area contributed by atoms with Gasteiger partial charge in [-0.05, 0) is 25.7 Å². The van der Waals surface area contributed by atoms with Crippen LogP contribution >= 0.6 is 0 Å². The zero-order chi connectivity index (χ0) is 21.9. The van der Waals surface area contributed by atoms with E-state index < -0.39 is 24.4 Å². The fraction of sp³-hybridized carbons (Fsp3) is 0.920. The Kier molecular flexibility index (Phi) is 17.7. The maximum absolute atomic E-state index is 9.90. The van der Waals surface area contributed by atoms with Crippen LogP contribution in [0.4, 0.5) is 0 Å². The number of hydrogen-bond acceptors (Lipinski definition) is 5. The molecule has 4 atom stereocenters. The summed E-state index contributed by atoms with van der Waals surface area (Å²) in [5, 5.41) is 28.7. The molecule has 0 amide bonds. The highest BCUT2D eigenvalue weighted by Gasteiger charge is 2.40. The molecule has 0 aliphatic carbocycles. The molecule has 3 N–H and O–H groups in total. The minimum Gasteiger partial charge on any atom is -0.394 e. The molecule has 1 saturated heterocycles. The Morgan fingerprint density at radius 2 is 1.40 bits per heavy atom. The lowest BCUT2D eigenvalue weighted by atomic mass is 10.0. The van der Waals surface area contributed by atoms with Crippen molar-refractivity contribution in [1.82, 2.24) is 0 Å². The molecule has 1 aliphatic heterocycles. The van der Waals surface area contributed by atoms with Crippen molar-refractivity contribution in [3.63, 3.8) is 0 Å². The zero-order valence-corrected chi connectivity index (χ0v) is 19.4. The Labute approximate surface area is 184 Å². The Balaban J connectivity index is 1.82. The number of rotatable bonds is 20. The molecule has 0 saturated carbocycles. The Morgan fingerprint density at radius 3 is 1.93 bits per heavy atom. The third-order valence-electron chi connectivity index (χ3n) is 5.96. The summed E-state index contributed by atoms with van der Waals surface area (Å²) < 4.78 is 11.1. The monoisotopic (exact) mass is 428 g/mol. The number of aliphatic hydroxyl groups excluding tert-OH is 3. The van der Waals surface area contributed by atoms with Crippen LogP contribution in [0.5, 0.6) is 0 Å². The molecule has 0 aromatic heterocycles. The van der Waals surface area contributed by atoms with E-state index >= 15 is 0 Å². The van der Waals surface area contributed by atoms with E-state index in [0.717, 1.165) is 19.3 Å². The number of unbranched alkanes of at least 4 members (excludes halogenated alkanes) is 13. The number of ether oxygens (including phenoxy) is 2. The van der Waals surface area contributed by atoms with Crippen LogP contribution in [-0.4, -0.2) is 59.6 Å². The zero-order valence-electron chi connectivity index (χ0n) is 19.4. The topological polar surface area (TPSA) is 79.2 Å². The Bertz CT molecular complexity index is 401. The van der Waals surface area contributed by atoms with Crippen molar-refractivity contribution in [3.05, 3.63) is 12.2 Å². The smallest absolute Gasteiger partial charge is 0.114 e. The molecule has 30 heavy (non-hydrogen) atoms. The van der Waals surface area contributed by atoms with Gasteiger partial charge >= 0.3 is 0 Å². The Morgan fingerprint density at radius 1 is 0.867 bits per heavy atom.